The van der Waals surface area contributed by atoms with Crippen molar-refractivity contribution < 1.29 is 9.59 Å². The highest BCUT2D eigenvalue weighted by molar-refractivity contribution is 5.89. The number of aryl methyl sites for hydroxylation is 2. The fourth-order valence-electron chi connectivity index (χ4n) is 3.88. The normalized spacial score (nSPS) is 11.6. The van der Waals surface area contributed by atoms with E-state index < -0.39 is 6.04 Å². The molecular formula is C29H34N2O2. The lowest BCUT2D eigenvalue weighted by Gasteiger charge is -2.32. The fourth-order valence-corrected chi connectivity index (χ4v) is 3.88. The van der Waals surface area contributed by atoms with E-state index in [0.29, 0.717) is 19.5 Å². The Labute approximate surface area is 197 Å². The average Bonchev–Trinajstić information content (AvgIpc) is 2.83. The van der Waals surface area contributed by atoms with Crippen molar-refractivity contribution in [3.05, 3.63) is 107 Å². The van der Waals surface area contributed by atoms with Gasteiger partial charge in [-0.1, -0.05) is 91.3 Å². The number of hydrogen-bond donors (Lipinski definition) is 1. The van der Waals surface area contributed by atoms with Gasteiger partial charge in [0.2, 0.25) is 11.8 Å². The van der Waals surface area contributed by atoms with E-state index in [-0.39, 0.29) is 18.2 Å². The Morgan fingerprint density at radius 2 is 1.52 bits per heavy atom. The Morgan fingerprint density at radius 3 is 2.18 bits per heavy atom. The lowest BCUT2D eigenvalue weighted by atomic mass is 10.00. The molecular weight excluding hydrogens is 408 g/mol. The summed E-state index contributed by atoms with van der Waals surface area (Å²) in [5.74, 6) is -0.150. The van der Waals surface area contributed by atoms with Crippen LogP contribution in [0.2, 0.25) is 0 Å². The second kappa shape index (κ2) is 12.0. The first kappa shape index (κ1) is 24.2. The number of nitrogens with zero attached hydrogens (tertiary/aromatic N) is 1. The SMILES string of the molecule is CCCNC(=O)[C@H](Cc1ccccc1)N(Cc1ccc(C)cc1)C(=O)Cc1ccccc1C. The molecule has 0 aromatic heterocycles. The van der Waals surface area contributed by atoms with E-state index in [1.54, 1.807) is 4.90 Å². The average molecular weight is 443 g/mol. The number of carbonyl (C=O) groups is 2. The number of benzene rings is 3. The Kier molecular flexibility index (Phi) is 8.82. The van der Waals surface area contributed by atoms with Crippen molar-refractivity contribution in [3.8, 4) is 0 Å². The van der Waals surface area contributed by atoms with E-state index in [9.17, 15) is 9.59 Å². The van der Waals surface area contributed by atoms with E-state index in [4.69, 9.17) is 0 Å². The summed E-state index contributed by atoms with van der Waals surface area (Å²) in [6, 6.07) is 25.4. The molecule has 0 saturated heterocycles. The predicted molar refractivity (Wildman–Crippen MR) is 134 cm³/mol. The van der Waals surface area contributed by atoms with Gasteiger partial charge in [-0.3, -0.25) is 9.59 Å². The van der Waals surface area contributed by atoms with Gasteiger partial charge in [0.25, 0.3) is 0 Å². The summed E-state index contributed by atoms with van der Waals surface area (Å²) in [7, 11) is 0. The van der Waals surface area contributed by atoms with Crippen molar-refractivity contribution in [2.45, 2.75) is 52.6 Å². The molecule has 3 aromatic rings. The van der Waals surface area contributed by atoms with Crippen LogP contribution in [-0.4, -0.2) is 29.3 Å². The minimum atomic E-state index is -0.586. The molecule has 0 aliphatic rings. The van der Waals surface area contributed by atoms with Gasteiger partial charge in [0.15, 0.2) is 0 Å². The third kappa shape index (κ3) is 7.04. The van der Waals surface area contributed by atoms with Gasteiger partial charge in [-0.2, -0.15) is 0 Å². The summed E-state index contributed by atoms with van der Waals surface area (Å²) >= 11 is 0. The molecule has 4 heteroatoms. The topological polar surface area (TPSA) is 49.4 Å². The summed E-state index contributed by atoms with van der Waals surface area (Å²) in [6.45, 7) is 7.07. The maximum Gasteiger partial charge on any atom is 0.243 e. The highest BCUT2D eigenvalue weighted by Gasteiger charge is 2.30. The van der Waals surface area contributed by atoms with Gasteiger partial charge in [-0.25, -0.2) is 0 Å². The van der Waals surface area contributed by atoms with E-state index >= 15 is 0 Å². The van der Waals surface area contributed by atoms with Crippen molar-refractivity contribution in [2.75, 3.05) is 6.54 Å². The Bertz CT molecular complexity index is 1040. The van der Waals surface area contributed by atoms with Crippen molar-refractivity contribution >= 4 is 11.8 Å². The van der Waals surface area contributed by atoms with Crippen LogP contribution in [0.3, 0.4) is 0 Å². The summed E-state index contributed by atoms with van der Waals surface area (Å²) in [4.78, 5) is 28.8. The van der Waals surface area contributed by atoms with Crippen LogP contribution in [0, 0.1) is 13.8 Å². The monoisotopic (exact) mass is 442 g/mol. The summed E-state index contributed by atoms with van der Waals surface area (Å²) in [5, 5.41) is 3.03. The zero-order valence-corrected chi connectivity index (χ0v) is 19.9. The van der Waals surface area contributed by atoms with Crippen molar-refractivity contribution in [1.82, 2.24) is 10.2 Å². The van der Waals surface area contributed by atoms with Crippen LogP contribution in [0.15, 0.2) is 78.9 Å². The van der Waals surface area contributed by atoms with Gasteiger partial charge >= 0.3 is 0 Å². The van der Waals surface area contributed by atoms with E-state index in [1.165, 1.54) is 0 Å². The summed E-state index contributed by atoms with van der Waals surface area (Å²) in [5.41, 5.74) is 5.28. The maximum absolute atomic E-state index is 13.7. The fraction of sp³-hybridized carbons (Fsp3) is 0.310. The molecule has 3 rings (SSSR count). The van der Waals surface area contributed by atoms with E-state index in [2.05, 4.69) is 5.32 Å². The van der Waals surface area contributed by atoms with Gasteiger partial charge in [0.1, 0.15) is 6.04 Å². The number of nitrogens with one attached hydrogen (secondary N) is 1. The molecule has 0 bridgehead atoms. The van der Waals surface area contributed by atoms with Crippen LogP contribution in [0.5, 0.6) is 0 Å². The van der Waals surface area contributed by atoms with Crippen molar-refractivity contribution in [3.63, 3.8) is 0 Å². The minimum Gasteiger partial charge on any atom is -0.354 e. The van der Waals surface area contributed by atoms with Gasteiger partial charge in [-0.05, 0) is 42.5 Å². The number of amides is 2. The Balaban J connectivity index is 1.95. The first-order chi connectivity index (χ1) is 16.0. The molecule has 2 amide bonds. The molecule has 1 N–H and O–H groups in total. The van der Waals surface area contributed by atoms with Crippen LogP contribution in [-0.2, 0) is 29.0 Å². The van der Waals surface area contributed by atoms with Crippen molar-refractivity contribution in [1.29, 1.82) is 0 Å². The summed E-state index contributed by atoms with van der Waals surface area (Å²) in [6.07, 6.45) is 1.59. The van der Waals surface area contributed by atoms with Crippen molar-refractivity contribution in [2.24, 2.45) is 0 Å². The standard InChI is InChI=1S/C29H34N2O2/c1-4-18-30-29(33)27(19-24-11-6-5-7-12-24)31(21-25-16-14-22(2)15-17-25)28(32)20-26-13-9-8-10-23(26)3/h5-17,27H,4,18-21H2,1-3H3,(H,30,33)/t27-/m0/s1. The summed E-state index contributed by atoms with van der Waals surface area (Å²) < 4.78 is 0. The molecule has 0 spiro atoms. The zero-order chi connectivity index (χ0) is 23.6. The third-order valence-electron chi connectivity index (χ3n) is 5.90. The van der Waals surface area contributed by atoms with E-state index in [1.807, 2.05) is 99.6 Å². The van der Waals surface area contributed by atoms with Gasteiger partial charge in [-0.15, -0.1) is 0 Å². The quantitative estimate of drug-likeness (QED) is 0.480. The van der Waals surface area contributed by atoms with Crippen LogP contribution in [0.1, 0.15) is 41.2 Å². The second-order valence-corrected chi connectivity index (χ2v) is 8.61. The van der Waals surface area contributed by atoms with Crippen LogP contribution in [0.4, 0.5) is 0 Å². The number of carbonyl (C=O) groups excluding carboxylic acids is 2. The molecule has 0 aliphatic carbocycles. The first-order valence-electron chi connectivity index (χ1n) is 11.7. The van der Waals surface area contributed by atoms with Crippen LogP contribution >= 0.6 is 0 Å². The molecule has 172 valence electrons. The molecule has 1 atom stereocenters. The van der Waals surface area contributed by atoms with Crippen LogP contribution < -0.4 is 5.32 Å². The van der Waals surface area contributed by atoms with Gasteiger partial charge < -0.3 is 10.2 Å². The molecule has 3 aromatic carbocycles. The maximum atomic E-state index is 13.7. The molecule has 0 unspecified atom stereocenters. The lowest BCUT2D eigenvalue weighted by molar-refractivity contribution is -0.140. The highest BCUT2D eigenvalue weighted by Crippen LogP contribution is 2.18. The Hall–Kier alpha value is -3.40. The molecule has 4 nitrogen and oxygen atoms in total. The molecule has 0 heterocycles. The highest BCUT2D eigenvalue weighted by atomic mass is 16.2. The van der Waals surface area contributed by atoms with Crippen LogP contribution in [0.25, 0.3) is 0 Å². The van der Waals surface area contributed by atoms with Gasteiger partial charge in [0.05, 0.1) is 6.42 Å². The molecule has 0 radical (unpaired) electrons. The number of hydrogen-bond acceptors (Lipinski definition) is 2. The number of rotatable bonds is 10. The first-order valence-corrected chi connectivity index (χ1v) is 11.7. The molecule has 0 aliphatic heterocycles. The molecule has 0 fully saturated rings. The zero-order valence-electron chi connectivity index (χ0n) is 19.9. The minimum absolute atomic E-state index is 0.0440. The Morgan fingerprint density at radius 1 is 0.848 bits per heavy atom. The molecule has 0 saturated carbocycles. The predicted octanol–water partition coefficient (Wildman–Crippen LogP) is 5.01. The second-order valence-electron chi connectivity index (χ2n) is 8.61. The molecule has 33 heavy (non-hydrogen) atoms. The third-order valence-corrected chi connectivity index (χ3v) is 5.90. The lowest BCUT2D eigenvalue weighted by Crippen LogP contribution is -2.51. The largest absolute Gasteiger partial charge is 0.354 e. The smallest absolute Gasteiger partial charge is 0.243 e. The van der Waals surface area contributed by atoms with Gasteiger partial charge in [0, 0.05) is 19.5 Å². The van der Waals surface area contributed by atoms with E-state index in [0.717, 1.165) is 34.2 Å².